The second-order valence-electron chi connectivity index (χ2n) is 13.7. The summed E-state index contributed by atoms with van der Waals surface area (Å²) in [6, 6.07) is -6.91. The number of carboxylic acids is 1. The molecule has 1 aromatic rings. The predicted molar refractivity (Wildman–Crippen MR) is 194 cm³/mol. The number of imidazole rings is 1. The zero-order chi connectivity index (χ0) is 38.4. The summed E-state index contributed by atoms with van der Waals surface area (Å²) in [6.07, 6.45) is 10.2. The van der Waals surface area contributed by atoms with Crippen molar-refractivity contribution in [1.82, 2.24) is 46.8 Å². The Bertz CT molecular complexity index is 1380. The number of aromatic nitrogens is 2. The molecule has 0 spiro atoms. The molecule has 2 fully saturated rings. The van der Waals surface area contributed by atoms with Crippen molar-refractivity contribution in [2.24, 2.45) is 5.92 Å². The predicted octanol–water partition coefficient (Wildman–Crippen LogP) is -0.610. The average molecular weight is 750 g/mol. The first kappa shape index (κ1) is 42.2. The van der Waals surface area contributed by atoms with Crippen LogP contribution in [0, 0.1) is 5.92 Å². The molecule has 1 saturated carbocycles. The Morgan fingerprint density at radius 1 is 0.865 bits per heavy atom. The molecular formula is C34H55N9O8S. The zero-order valence-corrected chi connectivity index (χ0v) is 31.3. The molecule has 0 radical (unpaired) electrons. The molecule has 0 aromatic carbocycles. The largest absolute Gasteiger partial charge is 0.480 e. The Kier molecular flexibility index (Phi) is 16.8. The third-order valence-electron chi connectivity index (χ3n) is 9.71. The van der Waals surface area contributed by atoms with E-state index in [2.05, 4.69) is 54.5 Å². The van der Waals surface area contributed by atoms with Crippen LogP contribution >= 0.6 is 12.6 Å². The van der Waals surface area contributed by atoms with Crippen molar-refractivity contribution >= 4 is 54.0 Å². The molecule has 1 aromatic heterocycles. The first-order valence-electron chi connectivity index (χ1n) is 18.1. The number of aromatic amines is 1. The van der Waals surface area contributed by atoms with Gasteiger partial charge >= 0.3 is 5.97 Å². The molecule has 1 aliphatic carbocycles. The summed E-state index contributed by atoms with van der Waals surface area (Å²) in [4.78, 5) is 99.0. The lowest BCUT2D eigenvalue weighted by atomic mass is 9.84. The van der Waals surface area contributed by atoms with E-state index in [0.29, 0.717) is 18.5 Å². The fraction of sp³-hybridized carbons (Fsp3) is 0.706. The first-order valence-corrected chi connectivity index (χ1v) is 18.7. The number of nitrogens with one attached hydrogen (secondary N) is 7. The number of hydrogen-bond donors (Lipinski definition) is 9. The molecular weight excluding hydrogens is 694 g/mol. The van der Waals surface area contributed by atoms with E-state index in [4.69, 9.17) is 0 Å². The molecule has 1 saturated heterocycles. The van der Waals surface area contributed by atoms with Crippen molar-refractivity contribution < 1.29 is 38.7 Å². The van der Waals surface area contributed by atoms with Crippen LogP contribution in [0.15, 0.2) is 12.5 Å². The SMILES string of the molecule is CC[C@H](NC(=O)[C@H](C)NC(=O)[C@H](CC1CCCCC1)NC(=O)[C@@H]1CCCN1)C(=O)N(C)[C@@H](CS)C(=O)N[C@@H](Cc1cnc[nH]1)C(=O)N[C@@H](C)C(=O)O. The normalized spacial score (nSPS) is 19.5. The van der Waals surface area contributed by atoms with Gasteiger partial charge in [-0.05, 0) is 52.0 Å². The lowest BCUT2D eigenvalue weighted by Gasteiger charge is -2.31. The summed E-state index contributed by atoms with van der Waals surface area (Å²) in [5.74, 6) is -4.55. The van der Waals surface area contributed by atoms with Gasteiger partial charge in [0, 0.05) is 31.1 Å². The van der Waals surface area contributed by atoms with Gasteiger partial charge in [0.2, 0.25) is 35.4 Å². The molecule has 6 amide bonds. The molecule has 7 atom stereocenters. The van der Waals surface area contributed by atoms with Gasteiger partial charge in [-0.2, -0.15) is 12.6 Å². The number of aliphatic carboxylic acids is 1. The van der Waals surface area contributed by atoms with E-state index in [1.165, 1.54) is 33.4 Å². The number of H-pyrrole nitrogens is 1. The number of amides is 6. The first-order chi connectivity index (χ1) is 24.7. The van der Waals surface area contributed by atoms with E-state index in [0.717, 1.165) is 50.0 Å². The van der Waals surface area contributed by atoms with Gasteiger partial charge in [-0.3, -0.25) is 33.6 Å². The van der Waals surface area contributed by atoms with Gasteiger partial charge in [-0.1, -0.05) is 39.0 Å². The summed E-state index contributed by atoms with van der Waals surface area (Å²) in [5, 5.41) is 25.6. The van der Waals surface area contributed by atoms with Crippen molar-refractivity contribution in [1.29, 1.82) is 0 Å². The summed E-state index contributed by atoms with van der Waals surface area (Å²) < 4.78 is 0. The molecule has 1 aliphatic heterocycles. The number of likely N-dealkylation sites (N-methyl/N-ethyl adjacent to an activating group) is 1. The Morgan fingerprint density at radius 3 is 2.10 bits per heavy atom. The Hall–Kier alpha value is -4.19. The van der Waals surface area contributed by atoms with Gasteiger partial charge in [-0.25, -0.2) is 4.98 Å². The fourth-order valence-electron chi connectivity index (χ4n) is 6.43. The number of carbonyl (C=O) groups excluding carboxylic acids is 6. The molecule has 3 rings (SSSR count). The molecule has 52 heavy (non-hydrogen) atoms. The second kappa shape index (κ2) is 20.7. The van der Waals surface area contributed by atoms with Crippen molar-refractivity contribution in [3.8, 4) is 0 Å². The van der Waals surface area contributed by atoms with Crippen LogP contribution in [0.2, 0.25) is 0 Å². The highest BCUT2D eigenvalue weighted by Gasteiger charge is 2.35. The summed E-state index contributed by atoms with van der Waals surface area (Å²) in [5.41, 5.74) is 0.499. The third kappa shape index (κ3) is 12.5. The van der Waals surface area contributed by atoms with Crippen molar-refractivity contribution in [3.63, 3.8) is 0 Å². The van der Waals surface area contributed by atoms with Gasteiger partial charge in [0.05, 0.1) is 12.4 Å². The van der Waals surface area contributed by atoms with Gasteiger partial charge in [0.1, 0.15) is 36.3 Å². The third-order valence-corrected chi connectivity index (χ3v) is 10.1. The zero-order valence-electron chi connectivity index (χ0n) is 30.4. The minimum atomic E-state index is -1.26. The number of hydrogen-bond acceptors (Lipinski definition) is 10. The van der Waals surface area contributed by atoms with Crippen LogP contribution in [0.25, 0.3) is 0 Å². The number of rotatable bonds is 19. The highest BCUT2D eigenvalue weighted by atomic mass is 32.1. The van der Waals surface area contributed by atoms with E-state index < -0.39 is 71.8 Å². The van der Waals surface area contributed by atoms with Gasteiger partial charge in [0.25, 0.3) is 0 Å². The summed E-state index contributed by atoms with van der Waals surface area (Å²) in [6.45, 7) is 5.19. The summed E-state index contributed by atoms with van der Waals surface area (Å²) in [7, 11) is 1.37. The maximum absolute atomic E-state index is 13.6. The van der Waals surface area contributed by atoms with E-state index in [1.54, 1.807) is 6.92 Å². The quantitative estimate of drug-likeness (QED) is 0.0813. The highest BCUT2D eigenvalue weighted by Crippen LogP contribution is 2.27. The van der Waals surface area contributed by atoms with Crippen LogP contribution in [0.1, 0.15) is 84.3 Å². The van der Waals surface area contributed by atoms with E-state index in [-0.39, 0.29) is 36.5 Å². The van der Waals surface area contributed by atoms with E-state index >= 15 is 0 Å². The molecule has 0 unspecified atom stereocenters. The average Bonchev–Trinajstić information content (AvgIpc) is 3.85. The molecule has 18 heteroatoms. The van der Waals surface area contributed by atoms with Crippen molar-refractivity contribution in [2.75, 3.05) is 19.3 Å². The maximum Gasteiger partial charge on any atom is 0.325 e. The summed E-state index contributed by atoms with van der Waals surface area (Å²) >= 11 is 4.27. The van der Waals surface area contributed by atoms with Crippen molar-refractivity contribution in [3.05, 3.63) is 18.2 Å². The Morgan fingerprint density at radius 2 is 1.52 bits per heavy atom. The molecule has 2 heterocycles. The number of thiol groups is 1. The maximum atomic E-state index is 13.6. The molecule has 0 bridgehead atoms. The number of nitrogens with zero attached hydrogens (tertiary/aromatic N) is 2. The molecule has 17 nitrogen and oxygen atoms in total. The van der Waals surface area contributed by atoms with Crippen LogP contribution in [-0.2, 0) is 40.0 Å². The van der Waals surface area contributed by atoms with Gasteiger partial charge in [-0.15, -0.1) is 0 Å². The van der Waals surface area contributed by atoms with Crippen LogP contribution in [0.5, 0.6) is 0 Å². The molecule has 290 valence electrons. The van der Waals surface area contributed by atoms with Gasteiger partial charge < -0.3 is 46.9 Å². The minimum Gasteiger partial charge on any atom is -0.480 e. The van der Waals surface area contributed by atoms with E-state index in [9.17, 15) is 38.7 Å². The monoisotopic (exact) mass is 749 g/mol. The Labute approximate surface area is 309 Å². The highest BCUT2D eigenvalue weighted by molar-refractivity contribution is 7.80. The molecule has 8 N–H and O–H groups in total. The van der Waals surface area contributed by atoms with Crippen molar-refractivity contribution in [2.45, 2.75) is 127 Å². The minimum absolute atomic E-state index is 0.0409. The Balaban J connectivity index is 1.64. The van der Waals surface area contributed by atoms with Crippen LogP contribution in [0.3, 0.4) is 0 Å². The van der Waals surface area contributed by atoms with Gasteiger partial charge in [0.15, 0.2) is 0 Å². The lowest BCUT2D eigenvalue weighted by Crippen LogP contribution is -2.60. The van der Waals surface area contributed by atoms with Crippen LogP contribution < -0.4 is 31.9 Å². The second-order valence-corrected chi connectivity index (χ2v) is 14.1. The van der Waals surface area contributed by atoms with Crippen LogP contribution in [-0.4, -0.2) is 123 Å². The lowest BCUT2D eigenvalue weighted by molar-refractivity contribution is -0.143. The number of carbonyl (C=O) groups is 7. The fourth-order valence-corrected chi connectivity index (χ4v) is 6.84. The van der Waals surface area contributed by atoms with Crippen LogP contribution in [0.4, 0.5) is 0 Å². The number of carboxylic acid groups (broad SMARTS) is 1. The standard InChI is InChI=1S/C34H55N9O8S/c1-5-23(33(49)43(4)27(17-52)32(48)42-26(15-22-16-35-18-37-22)31(47)39-20(3)34(50)51)40-28(44)19(2)38-30(46)25(14-21-10-7-6-8-11-21)41-29(45)24-12-9-13-36-24/h16,18-21,23-27,36,52H,5-15,17H2,1-4H3,(H,35,37)(H,38,46)(H,39,47)(H,40,44)(H,41,45)(H,42,48)(H,50,51)/t19-,20-,23-,24-,25-,26-,27-/m0/s1. The van der Waals surface area contributed by atoms with E-state index in [1.807, 2.05) is 0 Å². The molecule has 2 aliphatic rings. The smallest absolute Gasteiger partial charge is 0.325 e. The topological polar surface area (TPSA) is 244 Å².